The lowest BCUT2D eigenvalue weighted by molar-refractivity contribution is -0.117. The summed E-state index contributed by atoms with van der Waals surface area (Å²) >= 11 is 0. The highest BCUT2D eigenvalue weighted by Crippen LogP contribution is 2.27. The number of benzene rings is 2. The number of carbonyl (C=O) groups excluding carboxylic acids is 3. The summed E-state index contributed by atoms with van der Waals surface area (Å²) in [7, 11) is 1.91. The molecule has 2 aromatic carbocycles. The number of nitrogens with one attached hydrogen (secondary N) is 2. The van der Waals surface area contributed by atoms with Crippen LogP contribution in [0.5, 0.6) is 0 Å². The third kappa shape index (κ3) is 7.19. The van der Waals surface area contributed by atoms with Crippen molar-refractivity contribution in [1.29, 1.82) is 0 Å². The van der Waals surface area contributed by atoms with Gasteiger partial charge in [0.2, 0.25) is 5.91 Å². The Morgan fingerprint density at radius 2 is 1.87 bits per heavy atom. The molecule has 0 aliphatic heterocycles. The molecule has 1 unspecified atom stereocenters. The number of rotatable bonds is 10. The van der Waals surface area contributed by atoms with E-state index in [0.29, 0.717) is 17.1 Å². The maximum absolute atomic E-state index is 12.4. The Morgan fingerprint density at radius 1 is 1.13 bits per heavy atom. The van der Waals surface area contributed by atoms with Gasteiger partial charge in [-0.25, -0.2) is 14.8 Å². The SMILES string of the molecule is C=CC(=O)NC1CCC[C@@H](N(C)c2cnc(C(N)=O)c(Nc3ccc(C(=O)OCc4ccccc4)cc3)n2)C1. The van der Waals surface area contributed by atoms with Gasteiger partial charge in [0.15, 0.2) is 11.5 Å². The van der Waals surface area contributed by atoms with Crippen molar-refractivity contribution >= 4 is 35.1 Å². The van der Waals surface area contributed by atoms with Crippen molar-refractivity contribution in [3.63, 3.8) is 0 Å². The van der Waals surface area contributed by atoms with E-state index in [1.807, 2.05) is 42.3 Å². The van der Waals surface area contributed by atoms with Gasteiger partial charge in [0.05, 0.1) is 11.8 Å². The molecule has 1 fully saturated rings. The Bertz CT molecular complexity index is 1330. The van der Waals surface area contributed by atoms with Crippen LogP contribution in [0.4, 0.5) is 17.3 Å². The molecule has 0 saturated heterocycles. The first-order valence-corrected chi connectivity index (χ1v) is 12.7. The second-order valence-corrected chi connectivity index (χ2v) is 9.39. The van der Waals surface area contributed by atoms with Crippen LogP contribution < -0.4 is 21.3 Å². The highest BCUT2D eigenvalue weighted by Gasteiger charge is 2.27. The summed E-state index contributed by atoms with van der Waals surface area (Å²) in [5.74, 6) is -0.578. The summed E-state index contributed by atoms with van der Waals surface area (Å²) in [5, 5.41) is 6.07. The maximum Gasteiger partial charge on any atom is 0.338 e. The van der Waals surface area contributed by atoms with Crippen molar-refractivity contribution in [3.05, 3.63) is 90.3 Å². The van der Waals surface area contributed by atoms with Crippen molar-refractivity contribution in [2.24, 2.45) is 5.73 Å². The predicted octanol–water partition coefficient (Wildman–Crippen LogP) is 3.73. The van der Waals surface area contributed by atoms with Crippen LogP contribution in [0, 0.1) is 0 Å². The number of carbonyl (C=O) groups is 3. The molecule has 39 heavy (non-hydrogen) atoms. The number of amides is 2. The monoisotopic (exact) mass is 528 g/mol. The summed E-state index contributed by atoms with van der Waals surface area (Å²) in [6.45, 7) is 3.70. The highest BCUT2D eigenvalue weighted by atomic mass is 16.5. The molecule has 10 nitrogen and oxygen atoms in total. The highest BCUT2D eigenvalue weighted by molar-refractivity contribution is 5.96. The number of primary amides is 1. The zero-order chi connectivity index (χ0) is 27.8. The first kappa shape index (κ1) is 27.3. The van der Waals surface area contributed by atoms with E-state index >= 15 is 0 Å². The molecule has 1 heterocycles. The first-order valence-electron chi connectivity index (χ1n) is 12.7. The molecule has 0 radical (unpaired) electrons. The zero-order valence-corrected chi connectivity index (χ0v) is 21.8. The Morgan fingerprint density at radius 3 is 2.56 bits per heavy atom. The van der Waals surface area contributed by atoms with Crippen LogP contribution >= 0.6 is 0 Å². The lowest BCUT2D eigenvalue weighted by Crippen LogP contribution is -2.44. The zero-order valence-electron chi connectivity index (χ0n) is 21.8. The summed E-state index contributed by atoms with van der Waals surface area (Å²) in [6.07, 6.45) is 6.33. The molecular weight excluding hydrogens is 496 g/mol. The molecule has 4 N–H and O–H groups in total. The quantitative estimate of drug-likeness (QED) is 0.267. The number of ether oxygens (including phenoxy) is 1. The third-order valence-electron chi connectivity index (χ3n) is 6.68. The normalized spacial score (nSPS) is 16.5. The fourth-order valence-corrected chi connectivity index (χ4v) is 4.54. The van der Waals surface area contributed by atoms with Gasteiger partial charge >= 0.3 is 5.97 Å². The number of hydrogen-bond donors (Lipinski definition) is 3. The Hall–Kier alpha value is -4.73. The largest absolute Gasteiger partial charge is 0.457 e. The lowest BCUT2D eigenvalue weighted by atomic mass is 9.90. The Kier molecular flexibility index (Phi) is 8.88. The Balaban J connectivity index is 1.45. The average molecular weight is 529 g/mol. The molecule has 2 atom stereocenters. The molecule has 0 spiro atoms. The molecule has 10 heteroatoms. The van der Waals surface area contributed by atoms with Crippen molar-refractivity contribution in [2.75, 3.05) is 17.3 Å². The molecule has 0 bridgehead atoms. The van der Waals surface area contributed by atoms with E-state index < -0.39 is 11.9 Å². The second kappa shape index (κ2) is 12.7. The standard InChI is InChI=1S/C29H32N6O4/c1-3-25(36)32-22-10-7-11-23(16-22)35(2)24-17-31-26(27(30)37)28(34-24)33-21-14-12-20(13-15-21)29(38)39-18-19-8-5-4-6-9-19/h3-6,8-9,12-15,17,22-23H,1,7,10-11,16,18H2,2H3,(H2,30,37)(H,32,36)(H,33,34)/t22?,23-/m1/s1. The van der Waals surface area contributed by atoms with E-state index in [0.717, 1.165) is 31.2 Å². The predicted molar refractivity (Wildman–Crippen MR) is 149 cm³/mol. The van der Waals surface area contributed by atoms with Crippen LogP contribution in [-0.4, -0.2) is 46.9 Å². The van der Waals surface area contributed by atoms with E-state index in [-0.39, 0.29) is 36.1 Å². The van der Waals surface area contributed by atoms with Crippen LogP contribution in [0.1, 0.15) is 52.1 Å². The molecule has 1 aliphatic carbocycles. The summed E-state index contributed by atoms with van der Waals surface area (Å²) in [5.41, 5.74) is 7.44. The molecule has 1 aliphatic rings. The van der Waals surface area contributed by atoms with Gasteiger partial charge in [0, 0.05) is 24.8 Å². The molecular formula is C29H32N6O4. The van der Waals surface area contributed by atoms with Gasteiger partial charge in [-0.1, -0.05) is 36.9 Å². The molecule has 1 aromatic heterocycles. The van der Waals surface area contributed by atoms with Crippen LogP contribution in [0.2, 0.25) is 0 Å². The van der Waals surface area contributed by atoms with Crippen molar-refractivity contribution in [2.45, 2.75) is 44.4 Å². The van der Waals surface area contributed by atoms with Crippen LogP contribution in [0.3, 0.4) is 0 Å². The van der Waals surface area contributed by atoms with Gasteiger partial charge < -0.3 is 26.0 Å². The minimum Gasteiger partial charge on any atom is -0.457 e. The van der Waals surface area contributed by atoms with E-state index in [4.69, 9.17) is 10.5 Å². The fraction of sp³-hybridized carbons (Fsp3) is 0.276. The van der Waals surface area contributed by atoms with Crippen molar-refractivity contribution in [1.82, 2.24) is 15.3 Å². The van der Waals surface area contributed by atoms with Gasteiger partial charge in [0.1, 0.15) is 12.4 Å². The topological polar surface area (TPSA) is 140 Å². The second-order valence-electron chi connectivity index (χ2n) is 9.39. The van der Waals surface area contributed by atoms with Gasteiger partial charge in [-0.15, -0.1) is 0 Å². The van der Waals surface area contributed by atoms with Gasteiger partial charge in [0.25, 0.3) is 5.91 Å². The number of aromatic nitrogens is 2. The Labute approximate surface area is 227 Å². The van der Waals surface area contributed by atoms with Crippen LogP contribution in [0.25, 0.3) is 0 Å². The minimum atomic E-state index is -0.717. The van der Waals surface area contributed by atoms with Gasteiger partial charge in [-0.05, 0) is 61.6 Å². The van der Waals surface area contributed by atoms with E-state index in [1.54, 1.807) is 24.3 Å². The minimum absolute atomic E-state index is 0.00161. The smallest absolute Gasteiger partial charge is 0.338 e. The number of anilines is 3. The van der Waals surface area contributed by atoms with Crippen molar-refractivity contribution in [3.8, 4) is 0 Å². The number of nitrogens with two attached hydrogens (primary N) is 1. The molecule has 4 rings (SSSR count). The number of hydrogen-bond acceptors (Lipinski definition) is 8. The first-order chi connectivity index (χ1) is 18.8. The molecule has 2 amide bonds. The third-order valence-corrected chi connectivity index (χ3v) is 6.68. The molecule has 3 aromatic rings. The summed E-state index contributed by atoms with van der Waals surface area (Å²) in [4.78, 5) is 47.2. The van der Waals surface area contributed by atoms with E-state index in [2.05, 4.69) is 27.2 Å². The average Bonchev–Trinajstić information content (AvgIpc) is 2.96. The van der Waals surface area contributed by atoms with E-state index in [1.165, 1.54) is 12.3 Å². The van der Waals surface area contributed by atoms with Crippen LogP contribution in [-0.2, 0) is 16.1 Å². The van der Waals surface area contributed by atoms with Gasteiger partial charge in [-0.2, -0.15) is 0 Å². The number of nitrogens with zero attached hydrogens (tertiary/aromatic N) is 3. The molecule has 202 valence electrons. The van der Waals surface area contributed by atoms with Crippen LogP contribution in [0.15, 0.2) is 73.4 Å². The van der Waals surface area contributed by atoms with Gasteiger partial charge in [-0.3, -0.25) is 9.59 Å². The lowest BCUT2D eigenvalue weighted by Gasteiger charge is -2.36. The van der Waals surface area contributed by atoms with Crippen molar-refractivity contribution < 1.29 is 19.1 Å². The number of esters is 1. The molecule has 1 saturated carbocycles. The fourth-order valence-electron chi connectivity index (χ4n) is 4.54. The maximum atomic E-state index is 12.4. The van der Waals surface area contributed by atoms with E-state index in [9.17, 15) is 14.4 Å². The summed E-state index contributed by atoms with van der Waals surface area (Å²) < 4.78 is 5.38. The summed E-state index contributed by atoms with van der Waals surface area (Å²) in [6, 6.07) is 16.2.